The normalized spacial score (nSPS) is 11.3. The van der Waals surface area contributed by atoms with E-state index in [0.717, 1.165) is 5.56 Å². The standard InChI is InChI=1S/C19H24N2O5S/c1-13(2)14-5-8-16(9-6-14)27(23,24)20-12-19(22)21-17-11-15(25-3)7-10-18(17)26-4/h5-11,13,20H,12H2,1-4H3,(H,21,22). The molecule has 7 nitrogen and oxygen atoms in total. The molecule has 0 spiro atoms. The molecule has 0 saturated heterocycles. The summed E-state index contributed by atoms with van der Waals surface area (Å²) < 4.78 is 37.3. The van der Waals surface area contributed by atoms with Gasteiger partial charge >= 0.3 is 0 Å². The zero-order valence-electron chi connectivity index (χ0n) is 15.8. The molecule has 0 heterocycles. The number of sulfonamides is 1. The molecule has 0 bridgehead atoms. The van der Waals surface area contributed by atoms with Crippen LogP contribution in [-0.2, 0) is 14.8 Å². The van der Waals surface area contributed by atoms with E-state index in [4.69, 9.17) is 9.47 Å². The molecule has 0 saturated carbocycles. The molecule has 2 rings (SSSR count). The molecule has 2 aromatic rings. The van der Waals surface area contributed by atoms with Crippen LogP contribution in [0, 0.1) is 0 Å². The first-order valence-corrected chi connectivity index (χ1v) is 9.86. The Labute approximate surface area is 159 Å². The van der Waals surface area contributed by atoms with Crippen molar-refractivity contribution < 1.29 is 22.7 Å². The number of rotatable bonds is 8. The van der Waals surface area contributed by atoms with E-state index in [1.807, 2.05) is 13.8 Å². The third-order valence-corrected chi connectivity index (χ3v) is 5.38. The second kappa shape index (κ2) is 8.88. The van der Waals surface area contributed by atoms with E-state index in [2.05, 4.69) is 10.0 Å². The Morgan fingerprint density at radius 2 is 1.70 bits per heavy atom. The summed E-state index contributed by atoms with van der Waals surface area (Å²) in [7, 11) is -0.806. The van der Waals surface area contributed by atoms with Crippen LogP contribution in [0.15, 0.2) is 47.4 Å². The number of nitrogens with one attached hydrogen (secondary N) is 2. The number of hydrogen-bond donors (Lipinski definition) is 2. The predicted molar refractivity (Wildman–Crippen MR) is 104 cm³/mol. The molecule has 0 aliphatic heterocycles. The molecule has 8 heteroatoms. The first kappa shape index (κ1) is 20.7. The maximum atomic E-state index is 12.4. The van der Waals surface area contributed by atoms with Crippen LogP contribution in [-0.4, -0.2) is 35.1 Å². The van der Waals surface area contributed by atoms with Crippen LogP contribution < -0.4 is 19.5 Å². The van der Waals surface area contributed by atoms with Gasteiger partial charge < -0.3 is 14.8 Å². The van der Waals surface area contributed by atoms with E-state index in [1.54, 1.807) is 30.3 Å². The monoisotopic (exact) mass is 392 g/mol. The molecule has 0 unspecified atom stereocenters. The fourth-order valence-corrected chi connectivity index (χ4v) is 3.36. The summed E-state index contributed by atoms with van der Waals surface area (Å²) in [5.74, 6) is 0.760. The van der Waals surface area contributed by atoms with Gasteiger partial charge in [-0.3, -0.25) is 4.79 Å². The van der Waals surface area contributed by atoms with Gasteiger partial charge in [0.05, 0.1) is 31.3 Å². The second-order valence-corrected chi connectivity index (χ2v) is 7.93. The van der Waals surface area contributed by atoms with E-state index in [0.29, 0.717) is 23.1 Å². The maximum absolute atomic E-state index is 12.4. The summed E-state index contributed by atoms with van der Waals surface area (Å²) in [6.07, 6.45) is 0. The molecular weight excluding hydrogens is 368 g/mol. The van der Waals surface area contributed by atoms with Gasteiger partial charge in [0.1, 0.15) is 11.5 Å². The van der Waals surface area contributed by atoms with Crippen LogP contribution in [0.4, 0.5) is 5.69 Å². The Bertz CT molecular complexity index is 893. The van der Waals surface area contributed by atoms with Crippen LogP contribution in [0.25, 0.3) is 0 Å². The summed E-state index contributed by atoms with van der Waals surface area (Å²) in [6.45, 7) is 3.65. The Morgan fingerprint density at radius 1 is 1.04 bits per heavy atom. The molecule has 0 radical (unpaired) electrons. The number of ether oxygens (including phenoxy) is 2. The van der Waals surface area contributed by atoms with Crippen molar-refractivity contribution in [1.82, 2.24) is 4.72 Å². The van der Waals surface area contributed by atoms with Crippen molar-refractivity contribution in [2.24, 2.45) is 0 Å². The Hall–Kier alpha value is -2.58. The molecule has 0 aliphatic carbocycles. The minimum Gasteiger partial charge on any atom is -0.497 e. The smallest absolute Gasteiger partial charge is 0.241 e. The summed E-state index contributed by atoms with van der Waals surface area (Å²) >= 11 is 0. The molecule has 2 N–H and O–H groups in total. The average molecular weight is 392 g/mol. The van der Waals surface area contributed by atoms with Crippen LogP contribution in [0.5, 0.6) is 11.5 Å². The maximum Gasteiger partial charge on any atom is 0.241 e. The lowest BCUT2D eigenvalue weighted by Gasteiger charge is -2.12. The fourth-order valence-electron chi connectivity index (χ4n) is 2.38. The lowest BCUT2D eigenvalue weighted by molar-refractivity contribution is -0.115. The minimum atomic E-state index is -3.79. The van der Waals surface area contributed by atoms with Crippen molar-refractivity contribution in [3.05, 3.63) is 48.0 Å². The molecule has 27 heavy (non-hydrogen) atoms. The Balaban J connectivity index is 2.04. The first-order valence-electron chi connectivity index (χ1n) is 8.38. The van der Waals surface area contributed by atoms with Crippen LogP contribution in [0.2, 0.25) is 0 Å². The van der Waals surface area contributed by atoms with Gasteiger partial charge in [0, 0.05) is 6.07 Å². The largest absolute Gasteiger partial charge is 0.497 e. The quantitative estimate of drug-likeness (QED) is 0.720. The first-order chi connectivity index (χ1) is 12.8. The van der Waals surface area contributed by atoms with E-state index in [-0.39, 0.29) is 4.90 Å². The highest BCUT2D eigenvalue weighted by Gasteiger charge is 2.17. The second-order valence-electron chi connectivity index (χ2n) is 6.16. The van der Waals surface area contributed by atoms with Crippen LogP contribution in [0.3, 0.4) is 0 Å². The van der Waals surface area contributed by atoms with Crippen molar-refractivity contribution >= 4 is 21.6 Å². The number of amides is 1. The minimum absolute atomic E-state index is 0.110. The average Bonchev–Trinajstić information content (AvgIpc) is 2.66. The summed E-state index contributed by atoms with van der Waals surface area (Å²) in [6, 6.07) is 11.5. The van der Waals surface area contributed by atoms with E-state index in [9.17, 15) is 13.2 Å². The number of benzene rings is 2. The van der Waals surface area contributed by atoms with Crippen molar-refractivity contribution in [2.45, 2.75) is 24.7 Å². The van der Waals surface area contributed by atoms with Gasteiger partial charge in [-0.1, -0.05) is 26.0 Å². The van der Waals surface area contributed by atoms with Gasteiger partial charge in [-0.25, -0.2) is 13.1 Å². The molecular formula is C19H24N2O5S. The fraction of sp³-hybridized carbons (Fsp3) is 0.316. The van der Waals surface area contributed by atoms with Gasteiger partial charge in [-0.15, -0.1) is 0 Å². The van der Waals surface area contributed by atoms with E-state index < -0.39 is 22.5 Å². The van der Waals surface area contributed by atoms with Gasteiger partial charge in [-0.05, 0) is 35.7 Å². The molecule has 2 aromatic carbocycles. The van der Waals surface area contributed by atoms with E-state index in [1.165, 1.54) is 26.4 Å². The van der Waals surface area contributed by atoms with Gasteiger partial charge in [0.15, 0.2) is 0 Å². The topological polar surface area (TPSA) is 93.7 Å². The summed E-state index contributed by atoms with van der Waals surface area (Å²) in [4.78, 5) is 12.3. The lowest BCUT2D eigenvalue weighted by atomic mass is 10.0. The molecule has 146 valence electrons. The summed E-state index contributed by atoms with van der Waals surface area (Å²) in [5.41, 5.74) is 1.43. The Morgan fingerprint density at radius 3 is 2.26 bits per heavy atom. The highest BCUT2D eigenvalue weighted by molar-refractivity contribution is 7.89. The van der Waals surface area contributed by atoms with Gasteiger partial charge in [-0.2, -0.15) is 0 Å². The zero-order chi connectivity index (χ0) is 20.0. The number of hydrogen-bond acceptors (Lipinski definition) is 5. The van der Waals surface area contributed by atoms with Crippen molar-refractivity contribution in [1.29, 1.82) is 0 Å². The number of methoxy groups -OCH3 is 2. The number of carbonyl (C=O) groups excluding carboxylic acids is 1. The van der Waals surface area contributed by atoms with Gasteiger partial charge in [0.2, 0.25) is 15.9 Å². The lowest BCUT2D eigenvalue weighted by Crippen LogP contribution is -2.33. The number of carbonyl (C=O) groups is 1. The van der Waals surface area contributed by atoms with Gasteiger partial charge in [0.25, 0.3) is 0 Å². The zero-order valence-corrected chi connectivity index (χ0v) is 16.6. The molecule has 0 aromatic heterocycles. The molecule has 1 amide bonds. The van der Waals surface area contributed by atoms with Crippen molar-refractivity contribution in [3.63, 3.8) is 0 Å². The van der Waals surface area contributed by atoms with E-state index >= 15 is 0 Å². The summed E-state index contributed by atoms with van der Waals surface area (Å²) in [5, 5.41) is 2.61. The highest BCUT2D eigenvalue weighted by atomic mass is 32.2. The molecule has 0 aliphatic rings. The third kappa shape index (κ3) is 5.45. The van der Waals surface area contributed by atoms with Crippen molar-refractivity contribution in [2.75, 3.05) is 26.1 Å². The number of anilines is 1. The molecule has 0 fully saturated rings. The highest BCUT2D eigenvalue weighted by Crippen LogP contribution is 2.28. The van der Waals surface area contributed by atoms with Crippen LogP contribution >= 0.6 is 0 Å². The predicted octanol–water partition coefficient (Wildman–Crippen LogP) is 2.74. The Kier molecular flexibility index (Phi) is 6.81. The van der Waals surface area contributed by atoms with Crippen molar-refractivity contribution in [3.8, 4) is 11.5 Å². The third-order valence-electron chi connectivity index (χ3n) is 3.96. The molecule has 0 atom stereocenters. The SMILES string of the molecule is COc1ccc(OC)c(NC(=O)CNS(=O)(=O)c2ccc(C(C)C)cc2)c1. The van der Waals surface area contributed by atoms with Crippen LogP contribution in [0.1, 0.15) is 25.3 Å².